The van der Waals surface area contributed by atoms with E-state index in [1.807, 2.05) is 0 Å². The van der Waals surface area contributed by atoms with E-state index in [0.717, 1.165) is 12.8 Å². The minimum absolute atomic E-state index is 0.375. The molecule has 0 aliphatic heterocycles. The van der Waals surface area contributed by atoms with Crippen LogP contribution in [0.5, 0.6) is 0 Å². The van der Waals surface area contributed by atoms with Crippen LogP contribution in [0.25, 0.3) is 0 Å². The van der Waals surface area contributed by atoms with Crippen molar-refractivity contribution in [1.82, 2.24) is 0 Å². The molecule has 2 saturated carbocycles. The Hall–Kier alpha value is -0.330. The van der Waals surface area contributed by atoms with Gasteiger partial charge in [0.25, 0.3) is 0 Å². The Morgan fingerprint density at radius 3 is 2.50 bits per heavy atom. The first kappa shape index (κ1) is 4.54. The highest BCUT2D eigenvalue weighted by molar-refractivity contribution is 5.89. The molecule has 0 saturated heterocycles. The average Bonchev–Trinajstić information content (AvgIpc) is 2.29. The van der Waals surface area contributed by atoms with Crippen LogP contribution < -0.4 is 0 Å². The first-order valence-corrected chi connectivity index (χ1v) is 3.25. The van der Waals surface area contributed by atoms with Crippen LogP contribution in [0.3, 0.4) is 0 Å². The number of fused-ring (bicyclic) bond motifs is 2. The summed E-state index contributed by atoms with van der Waals surface area (Å²) in [6.45, 7) is 0. The Balaban J connectivity index is 2.28. The van der Waals surface area contributed by atoms with Crippen molar-refractivity contribution in [3.05, 3.63) is 6.42 Å². The van der Waals surface area contributed by atoms with Crippen LogP contribution in [0, 0.1) is 18.3 Å². The Morgan fingerprint density at radius 1 is 1.50 bits per heavy atom. The fraction of sp³-hybridized carbons (Fsp3) is 0.714. The van der Waals surface area contributed by atoms with E-state index < -0.39 is 0 Å². The van der Waals surface area contributed by atoms with E-state index in [0.29, 0.717) is 17.6 Å². The molecule has 0 spiro atoms. The van der Waals surface area contributed by atoms with Gasteiger partial charge in [0.05, 0.1) is 0 Å². The lowest BCUT2D eigenvalue weighted by molar-refractivity contribution is -0.121. The summed E-state index contributed by atoms with van der Waals surface area (Å²) in [6.07, 6.45) is 5.56. The Morgan fingerprint density at radius 2 is 2.38 bits per heavy atom. The summed E-state index contributed by atoms with van der Waals surface area (Å²) in [6, 6.07) is 0. The normalized spacial score (nSPS) is 43.8. The van der Waals surface area contributed by atoms with E-state index in [2.05, 4.69) is 6.42 Å². The van der Waals surface area contributed by atoms with Gasteiger partial charge in [0.15, 0.2) is 0 Å². The number of rotatable bonds is 0. The lowest BCUT2D eigenvalue weighted by Gasteiger charge is -2.02. The summed E-state index contributed by atoms with van der Waals surface area (Å²) >= 11 is 0. The molecule has 1 nitrogen and oxygen atoms in total. The molecule has 2 aliphatic carbocycles. The predicted octanol–water partition coefficient (Wildman–Crippen LogP) is 1.19. The van der Waals surface area contributed by atoms with Crippen molar-refractivity contribution in [1.29, 1.82) is 0 Å². The van der Waals surface area contributed by atoms with E-state index >= 15 is 0 Å². The van der Waals surface area contributed by atoms with Crippen LogP contribution in [0.15, 0.2) is 0 Å². The summed E-state index contributed by atoms with van der Waals surface area (Å²) in [5.74, 6) is 1.34. The SMILES string of the molecule is O=C1C2[CH]CC1CC2. The van der Waals surface area contributed by atoms with Gasteiger partial charge in [-0.1, -0.05) is 0 Å². The Labute approximate surface area is 49.1 Å². The maximum absolute atomic E-state index is 10.9. The third-order valence-electron chi connectivity index (χ3n) is 2.30. The van der Waals surface area contributed by atoms with Crippen molar-refractivity contribution in [3.63, 3.8) is 0 Å². The molecule has 0 heterocycles. The molecule has 1 radical (unpaired) electrons. The van der Waals surface area contributed by atoms with E-state index in [1.165, 1.54) is 6.42 Å². The molecule has 0 aromatic carbocycles. The van der Waals surface area contributed by atoms with Crippen molar-refractivity contribution in [2.75, 3.05) is 0 Å². The summed E-state index contributed by atoms with van der Waals surface area (Å²) in [7, 11) is 0. The second-order valence-corrected chi connectivity index (χ2v) is 2.75. The summed E-state index contributed by atoms with van der Waals surface area (Å²) in [5, 5.41) is 0. The zero-order valence-corrected chi connectivity index (χ0v) is 4.76. The van der Waals surface area contributed by atoms with Gasteiger partial charge in [-0.2, -0.15) is 0 Å². The Kier molecular flexibility index (Phi) is 0.758. The third kappa shape index (κ3) is 0.396. The zero-order valence-electron chi connectivity index (χ0n) is 4.76. The monoisotopic (exact) mass is 109 g/mol. The van der Waals surface area contributed by atoms with E-state index in [4.69, 9.17) is 0 Å². The van der Waals surface area contributed by atoms with Crippen LogP contribution in [0.1, 0.15) is 19.3 Å². The van der Waals surface area contributed by atoms with Gasteiger partial charge in [-0.25, -0.2) is 0 Å². The fourth-order valence-corrected chi connectivity index (χ4v) is 1.76. The third-order valence-corrected chi connectivity index (χ3v) is 2.30. The van der Waals surface area contributed by atoms with Crippen LogP contribution in [-0.2, 0) is 4.79 Å². The number of ketones is 1. The van der Waals surface area contributed by atoms with Crippen LogP contribution >= 0.6 is 0 Å². The maximum Gasteiger partial charge on any atom is 0.139 e. The number of hydrogen-bond acceptors (Lipinski definition) is 1. The summed E-state index contributed by atoms with van der Waals surface area (Å²) < 4.78 is 0. The number of carbonyl (C=O) groups is 1. The molecule has 8 heavy (non-hydrogen) atoms. The van der Waals surface area contributed by atoms with Crippen molar-refractivity contribution in [3.8, 4) is 0 Å². The van der Waals surface area contributed by atoms with Crippen molar-refractivity contribution in [2.45, 2.75) is 19.3 Å². The van der Waals surface area contributed by atoms with E-state index in [9.17, 15) is 4.79 Å². The molecule has 43 valence electrons. The van der Waals surface area contributed by atoms with Crippen molar-refractivity contribution in [2.24, 2.45) is 11.8 Å². The van der Waals surface area contributed by atoms with Gasteiger partial charge in [0, 0.05) is 11.8 Å². The van der Waals surface area contributed by atoms with Crippen molar-refractivity contribution < 1.29 is 4.79 Å². The van der Waals surface area contributed by atoms with Gasteiger partial charge in [0.2, 0.25) is 0 Å². The molecule has 0 aromatic rings. The molecule has 2 fully saturated rings. The van der Waals surface area contributed by atoms with E-state index in [-0.39, 0.29) is 0 Å². The first-order valence-electron chi connectivity index (χ1n) is 3.25. The number of hydrogen-bond donors (Lipinski definition) is 0. The second kappa shape index (κ2) is 1.34. The molecule has 1 heteroatoms. The summed E-state index contributed by atoms with van der Waals surface area (Å²) in [5.41, 5.74) is 0. The van der Waals surface area contributed by atoms with Gasteiger partial charge in [-0.05, 0) is 25.7 Å². The van der Waals surface area contributed by atoms with Crippen LogP contribution in [-0.4, -0.2) is 5.78 Å². The van der Waals surface area contributed by atoms with Crippen LogP contribution in [0.2, 0.25) is 0 Å². The highest BCUT2D eigenvalue weighted by atomic mass is 16.1. The molecule has 0 aromatic heterocycles. The first-order chi connectivity index (χ1) is 3.88. The molecule has 2 bridgehead atoms. The van der Waals surface area contributed by atoms with Gasteiger partial charge in [0.1, 0.15) is 5.78 Å². The predicted molar refractivity (Wildman–Crippen MR) is 30.1 cm³/mol. The number of Topliss-reactive ketones (excluding diaryl/α,β-unsaturated/α-hetero) is 1. The molecule has 2 rings (SSSR count). The standard InChI is InChI=1S/C7H9O/c8-7-5-1-2-6(7)4-3-5/h1,5-6H,2-4H2. The minimum atomic E-state index is 0.375. The molecule has 2 atom stereocenters. The highest BCUT2D eigenvalue weighted by Crippen LogP contribution is 2.40. The molecule has 2 unspecified atom stereocenters. The van der Waals surface area contributed by atoms with Gasteiger partial charge >= 0.3 is 0 Å². The largest absolute Gasteiger partial charge is 0.299 e. The zero-order chi connectivity index (χ0) is 5.56. The van der Waals surface area contributed by atoms with Gasteiger partial charge in [-0.3, -0.25) is 4.79 Å². The van der Waals surface area contributed by atoms with Gasteiger partial charge in [-0.15, -0.1) is 0 Å². The minimum Gasteiger partial charge on any atom is -0.299 e. The lowest BCUT2D eigenvalue weighted by atomic mass is 10.0. The summed E-state index contributed by atoms with van der Waals surface area (Å²) in [4.78, 5) is 10.9. The second-order valence-electron chi connectivity index (χ2n) is 2.75. The smallest absolute Gasteiger partial charge is 0.139 e. The molecule has 0 amide bonds. The fourth-order valence-electron chi connectivity index (χ4n) is 1.76. The molecule has 0 N–H and O–H groups in total. The molecule has 2 aliphatic rings. The van der Waals surface area contributed by atoms with Crippen LogP contribution in [0.4, 0.5) is 0 Å². The van der Waals surface area contributed by atoms with E-state index in [1.54, 1.807) is 0 Å². The average molecular weight is 109 g/mol. The van der Waals surface area contributed by atoms with Crippen molar-refractivity contribution >= 4 is 5.78 Å². The topological polar surface area (TPSA) is 17.1 Å². The highest BCUT2D eigenvalue weighted by Gasteiger charge is 2.39. The quantitative estimate of drug-likeness (QED) is 0.456. The molecular weight excluding hydrogens is 100 g/mol. The van der Waals surface area contributed by atoms with Gasteiger partial charge < -0.3 is 0 Å². The molecular formula is C7H9O. The maximum atomic E-state index is 10.9. The Bertz CT molecular complexity index is 106. The number of carbonyl (C=O) groups excluding carboxylic acids is 1. The lowest BCUT2D eigenvalue weighted by Crippen LogP contribution is -2.01.